The molecule has 29 heavy (non-hydrogen) atoms. The minimum absolute atomic E-state index is 0.0161. The maximum atomic E-state index is 12.2. The molecule has 0 amide bonds. The highest BCUT2D eigenvalue weighted by atomic mass is 16.6. The summed E-state index contributed by atoms with van der Waals surface area (Å²) < 4.78 is 5.92. The van der Waals surface area contributed by atoms with Crippen LogP contribution in [0, 0.1) is 33.1 Å². The third-order valence-electron chi connectivity index (χ3n) is 5.12. The lowest BCUT2D eigenvalue weighted by Crippen LogP contribution is -2.39. The Balaban J connectivity index is 1.77. The number of ether oxygens (including phenoxy) is 1. The van der Waals surface area contributed by atoms with Gasteiger partial charge in [-0.15, -0.1) is 0 Å². The first-order valence-electron chi connectivity index (χ1n) is 10.0. The molecular weight excluding hydrogens is 374 g/mol. The zero-order valence-electron chi connectivity index (χ0n) is 17.2. The van der Waals surface area contributed by atoms with Crippen LogP contribution in [0.1, 0.15) is 57.7 Å². The van der Waals surface area contributed by atoms with Gasteiger partial charge < -0.3 is 14.8 Å². The van der Waals surface area contributed by atoms with E-state index in [9.17, 15) is 20.1 Å². The smallest absolute Gasteiger partial charge is 0.357 e. The predicted molar refractivity (Wildman–Crippen MR) is 107 cm³/mol. The number of rotatable bonds is 3. The molecule has 1 saturated heterocycles. The Morgan fingerprint density at radius 2 is 2.14 bits per heavy atom. The van der Waals surface area contributed by atoms with Gasteiger partial charge in [0, 0.05) is 25.4 Å². The molecule has 8 heteroatoms. The normalized spacial score (nSPS) is 18.6. The summed E-state index contributed by atoms with van der Waals surface area (Å²) in [6.07, 6.45) is 5.02. The Bertz CT molecular complexity index is 879. The van der Waals surface area contributed by atoms with Crippen molar-refractivity contribution in [1.82, 2.24) is 0 Å². The van der Waals surface area contributed by atoms with Gasteiger partial charge in [-0.05, 0) is 46.5 Å². The maximum absolute atomic E-state index is 12.2. The molecule has 0 aromatic carbocycles. The summed E-state index contributed by atoms with van der Waals surface area (Å²) in [6.45, 7) is 6.69. The van der Waals surface area contributed by atoms with Crippen LogP contribution in [0.15, 0.2) is 6.20 Å². The van der Waals surface area contributed by atoms with Crippen LogP contribution in [0.4, 0.5) is 11.4 Å². The largest absolute Gasteiger partial charge is 0.618 e. The van der Waals surface area contributed by atoms with Gasteiger partial charge in [0.2, 0.25) is 0 Å². The van der Waals surface area contributed by atoms with E-state index in [0.29, 0.717) is 42.0 Å². The van der Waals surface area contributed by atoms with Crippen molar-refractivity contribution >= 4 is 17.3 Å². The van der Waals surface area contributed by atoms with Gasteiger partial charge in [0.15, 0.2) is 5.69 Å². The van der Waals surface area contributed by atoms with Crippen molar-refractivity contribution in [2.75, 3.05) is 18.0 Å². The molecule has 3 rings (SSSR count). The van der Waals surface area contributed by atoms with E-state index in [2.05, 4.69) is 11.8 Å². The Kier molecular flexibility index (Phi) is 5.96. The van der Waals surface area contributed by atoms with E-state index in [0.717, 1.165) is 31.0 Å². The van der Waals surface area contributed by atoms with E-state index in [1.165, 1.54) is 0 Å². The fraction of sp³-hybridized carbons (Fsp3) is 0.619. The molecule has 0 radical (unpaired) electrons. The highest BCUT2D eigenvalue weighted by Gasteiger charge is 2.35. The zero-order valence-corrected chi connectivity index (χ0v) is 17.2. The summed E-state index contributed by atoms with van der Waals surface area (Å²) in [7, 11) is 0. The molecule has 1 aliphatic heterocycles. The van der Waals surface area contributed by atoms with Gasteiger partial charge in [-0.1, -0.05) is 11.8 Å². The average molecular weight is 401 g/mol. The van der Waals surface area contributed by atoms with Crippen LogP contribution in [0.2, 0.25) is 0 Å². The summed E-state index contributed by atoms with van der Waals surface area (Å²) >= 11 is 0. The van der Waals surface area contributed by atoms with Crippen LogP contribution >= 0.6 is 0 Å². The summed E-state index contributed by atoms with van der Waals surface area (Å²) in [6, 6.07) is 0. The highest BCUT2D eigenvalue weighted by molar-refractivity contribution is 5.73. The number of piperidine rings is 1. The number of fused-ring (bicyclic) bond motifs is 1. The fourth-order valence-corrected chi connectivity index (χ4v) is 4.06. The van der Waals surface area contributed by atoms with Crippen LogP contribution in [0.25, 0.3) is 0 Å². The van der Waals surface area contributed by atoms with Gasteiger partial charge in [-0.2, -0.15) is 4.73 Å². The second-order valence-corrected chi connectivity index (χ2v) is 8.59. The average Bonchev–Trinajstić information content (AvgIpc) is 3.10. The summed E-state index contributed by atoms with van der Waals surface area (Å²) in [4.78, 5) is 25.0. The van der Waals surface area contributed by atoms with Crippen LogP contribution in [0.3, 0.4) is 0 Å². The van der Waals surface area contributed by atoms with Gasteiger partial charge in [0.25, 0.3) is 6.20 Å². The number of nitrogens with zero attached hydrogens (tertiary/aromatic N) is 3. The molecular formula is C21H27N3O5. The molecule has 0 saturated carbocycles. The lowest BCUT2D eigenvalue weighted by Gasteiger charge is -2.32. The summed E-state index contributed by atoms with van der Waals surface area (Å²) in [5.74, 6) is 5.71. The van der Waals surface area contributed by atoms with Crippen molar-refractivity contribution < 1.29 is 19.2 Å². The Morgan fingerprint density at radius 3 is 2.83 bits per heavy atom. The zero-order chi connectivity index (χ0) is 21.2. The van der Waals surface area contributed by atoms with Crippen molar-refractivity contribution in [2.24, 2.45) is 5.92 Å². The minimum Gasteiger partial charge on any atom is -0.618 e. The summed E-state index contributed by atoms with van der Waals surface area (Å²) in [5, 5.41) is 23.8. The number of carbonyl (C=O) groups is 1. The Labute approximate surface area is 170 Å². The SMILES string of the molecule is CC(C)(C)OC(=O)CC#C[C@H]1CCCN(c2c([N+](=O)[O-])c[n+]([O-])c3c2CCC3)C1. The minimum atomic E-state index is -0.536. The molecule has 0 N–H and O–H groups in total. The number of pyridine rings is 1. The predicted octanol–water partition coefficient (Wildman–Crippen LogP) is 2.67. The molecule has 1 aromatic heterocycles. The number of nitro groups is 1. The van der Waals surface area contributed by atoms with E-state index in [4.69, 9.17) is 4.74 Å². The quantitative estimate of drug-likeness (QED) is 0.193. The standard InChI is InChI=1S/C21H27N3O5/c1-21(2,3)29-19(25)11-4-7-15-8-6-12-22(13-15)20-16-9-5-10-17(16)23(26)14-18(20)24(27)28/h14-15H,5-6,8-13H2,1-3H3/t15-/m0/s1. The Morgan fingerprint density at radius 1 is 1.38 bits per heavy atom. The molecule has 8 nitrogen and oxygen atoms in total. The molecule has 0 bridgehead atoms. The topological polar surface area (TPSA) is 99.6 Å². The molecule has 1 atom stereocenters. The first kappa shape index (κ1) is 20.9. The van der Waals surface area contributed by atoms with Crippen LogP contribution in [-0.4, -0.2) is 29.6 Å². The van der Waals surface area contributed by atoms with Crippen molar-refractivity contribution in [3.05, 3.63) is 32.8 Å². The highest BCUT2D eigenvalue weighted by Crippen LogP contribution is 2.38. The molecule has 1 fully saturated rings. The van der Waals surface area contributed by atoms with Crippen LogP contribution in [0.5, 0.6) is 0 Å². The number of esters is 1. The van der Waals surface area contributed by atoms with Gasteiger partial charge >= 0.3 is 11.7 Å². The lowest BCUT2D eigenvalue weighted by molar-refractivity contribution is -0.617. The fourth-order valence-electron chi connectivity index (χ4n) is 4.06. The maximum Gasteiger partial charge on any atom is 0.357 e. The van der Waals surface area contributed by atoms with E-state index >= 15 is 0 Å². The van der Waals surface area contributed by atoms with E-state index < -0.39 is 10.5 Å². The van der Waals surface area contributed by atoms with E-state index in [1.807, 2.05) is 25.7 Å². The second kappa shape index (κ2) is 8.27. The first-order chi connectivity index (χ1) is 13.7. The number of hydrogen-bond donors (Lipinski definition) is 0. The van der Waals surface area contributed by atoms with E-state index in [1.54, 1.807) is 0 Å². The molecule has 0 spiro atoms. The van der Waals surface area contributed by atoms with Gasteiger partial charge in [-0.25, -0.2) is 0 Å². The van der Waals surface area contributed by atoms with Crippen LogP contribution < -0.4 is 9.63 Å². The second-order valence-electron chi connectivity index (χ2n) is 8.59. The van der Waals surface area contributed by atoms with Crippen LogP contribution in [-0.2, 0) is 22.4 Å². The lowest BCUT2D eigenvalue weighted by atomic mass is 9.96. The van der Waals surface area contributed by atoms with Crippen molar-refractivity contribution in [3.8, 4) is 11.8 Å². The molecule has 2 heterocycles. The molecule has 2 aliphatic rings. The number of carbonyl (C=O) groups excluding carboxylic acids is 1. The number of anilines is 1. The van der Waals surface area contributed by atoms with Gasteiger partial charge in [0.05, 0.1) is 10.5 Å². The first-order valence-corrected chi connectivity index (χ1v) is 10.0. The molecule has 156 valence electrons. The van der Waals surface area contributed by atoms with Gasteiger partial charge in [0.1, 0.15) is 17.7 Å². The number of aromatic nitrogens is 1. The van der Waals surface area contributed by atoms with Crippen molar-refractivity contribution in [3.63, 3.8) is 0 Å². The molecule has 0 unspecified atom stereocenters. The third-order valence-corrected chi connectivity index (χ3v) is 5.12. The number of hydrogen-bond acceptors (Lipinski definition) is 6. The molecule has 1 aromatic rings. The monoisotopic (exact) mass is 401 g/mol. The van der Waals surface area contributed by atoms with Crippen molar-refractivity contribution in [2.45, 2.75) is 64.9 Å². The van der Waals surface area contributed by atoms with Gasteiger partial charge in [-0.3, -0.25) is 14.9 Å². The summed E-state index contributed by atoms with van der Waals surface area (Å²) in [5.41, 5.74) is 1.35. The Hall–Kier alpha value is -2.82. The third kappa shape index (κ3) is 4.97. The van der Waals surface area contributed by atoms with Crippen molar-refractivity contribution in [1.29, 1.82) is 0 Å². The molecule has 1 aliphatic carbocycles. The van der Waals surface area contributed by atoms with E-state index in [-0.39, 0.29) is 24.0 Å².